The summed E-state index contributed by atoms with van der Waals surface area (Å²) >= 11 is 1.19. The van der Waals surface area contributed by atoms with Gasteiger partial charge in [0, 0.05) is 37.4 Å². The van der Waals surface area contributed by atoms with E-state index in [1.54, 1.807) is 15.9 Å². The monoisotopic (exact) mass is 449 g/mol. The molecule has 0 aliphatic carbocycles. The van der Waals surface area contributed by atoms with E-state index in [0.717, 1.165) is 6.07 Å². The van der Waals surface area contributed by atoms with E-state index in [1.165, 1.54) is 29.7 Å². The Hall–Kier alpha value is -2.89. The molecule has 1 aliphatic rings. The van der Waals surface area contributed by atoms with Gasteiger partial charge in [0.2, 0.25) is 0 Å². The van der Waals surface area contributed by atoms with Crippen LogP contribution in [-0.2, 0) is 0 Å². The van der Waals surface area contributed by atoms with Crippen molar-refractivity contribution in [2.75, 3.05) is 36.5 Å². The van der Waals surface area contributed by atoms with Gasteiger partial charge in [-0.05, 0) is 31.2 Å². The average molecular weight is 449 g/mol. The molecule has 1 aromatic carbocycles. The highest BCUT2D eigenvalue weighted by Crippen LogP contribution is 2.28. The van der Waals surface area contributed by atoms with Crippen molar-refractivity contribution >= 4 is 38.5 Å². The lowest BCUT2D eigenvalue weighted by atomic mass is 10.1. The molecule has 1 saturated heterocycles. The van der Waals surface area contributed by atoms with E-state index in [0.29, 0.717) is 35.0 Å². The van der Waals surface area contributed by atoms with E-state index in [2.05, 4.69) is 15.3 Å². The number of aliphatic hydroxyl groups is 2. The first kappa shape index (κ1) is 21.3. The van der Waals surface area contributed by atoms with Crippen LogP contribution in [0.1, 0.15) is 18.6 Å². The van der Waals surface area contributed by atoms with Gasteiger partial charge in [-0.3, -0.25) is 5.32 Å². The number of fused-ring (bicyclic) bond motifs is 1. The highest BCUT2D eigenvalue weighted by molar-refractivity contribution is 7.22. The first-order valence-corrected chi connectivity index (χ1v) is 10.5. The number of aliphatic hydroxyl groups excluding tert-OH is 2. The highest BCUT2D eigenvalue weighted by atomic mass is 32.1. The van der Waals surface area contributed by atoms with Gasteiger partial charge in [-0.15, -0.1) is 0 Å². The summed E-state index contributed by atoms with van der Waals surface area (Å²) in [5, 5.41) is 21.8. The van der Waals surface area contributed by atoms with Crippen LogP contribution in [0.3, 0.4) is 0 Å². The third kappa shape index (κ3) is 4.43. The molecule has 11 heteroatoms. The van der Waals surface area contributed by atoms with E-state index >= 15 is 0 Å². The number of rotatable bonds is 4. The summed E-state index contributed by atoms with van der Waals surface area (Å²) in [6, 6.07) is 4.87. The maximum absolute atomic E-state index is 14.6. The number of nitrogens with one attached hydrogen (secondary N) is 1. The summed E-state index contributed by atoms with van der Waals surface area (Å²) in [5.41, 5.74) is 0.807. The largest absolute Gasteiger partial charge is 0.393 e. The molecule has 164 valence electrons. The smallest absolute Gasteiger partial charge is 0.323 e. The lowest BCUT2D eigenvalue weighted by Crippen LogP contribution is -2.55. The van der Waals surface area contributed by atoms with Crippen LogP contribution >= 0.6 is 11.3 Å². The molecule has 4 rings (SSSR count). The molecule has 0 unspecified atom stereocenters. The van der Waals surface area contributed by atoms with Gasteiger partial charge < -0.3 is 20.0 Å². The van der Waals surface area contributed by atoms with E-state index in [9.17, 15) is 18.7 Å². The fourth-order valence-corrected chi connectivity index (χ4v) is 4.40. The van der Waals surface area contributed by atoms with Crippen LogP contribution in [0.5, 0.6) is 0 Å². The van der Waals surface area contributed by atoms with Gasteiger partial charge in [0.05, 0.1) is 16.8 Å². The first-order chi connectivity index (χ1) is 14.9. The molecule has 3 aromatic rings. The van der Waals surface area contributed by atoms with Crippen molar-refractivity contribution < 1.29 is 23.8 Å². The predicted octanol–water partition coefficient (Wildman–Crippen LogP) is 2.74. The van der Waals surface area contributed by atoms with Gasteiger partial charge in [0.25, 0.3) is 0 Å². The lowest BCUT2D eigenvalue weighted by molar-refractivity contribution is 0.0951. The van der Waals surface area contributed by atoms with E-state index in [4.69, 9.17) is 5.11 Å². The standard InChI is InChI=1S/C20H21F2N5O3S/c1-11-9-26(20(30)25-19-24-15-3-2-13(21)7-17(15)31-19)4-5-27(11)18-14(22)6-12(8-23-18)16(29)10-28/h2-3,6-8,11,16,28-29H,4-5,9-10H2,1H3,(H,24,25,30)/t11-,16+/m0/s1. The number of hydrogen-bond acceptors (Lipinski definition) is 7. The fraction of sp³-hybridized carbons (Fsp3) is 0.350. The minimum atomic E-state index is -1.19. The highest BCUT2D eigenvalue weighted by Gasteiger charge is 2.30. The summed E-state index contributed by atoms with van der Waals surface area (Å²) in [5.74, 6) is -0.829. The topological polar surface area (TPSA) is 102 Å². The Morgan fingerprint density at radius 1 is 1.35 bits per heavy atom. The molecule has 2 atom stereocenters. The van der Waals surface area contributed by atoms with Crippen LogP contribution in [0.15, 0.2) is 30.5 Å². The summed E-state index contributed by atoms with van der Waals surface area (Å²) in [6.45, 7) is 2.39. The predicted molar refractivity (Wildman–Crippen MR) is 113 cm³/mol. The van der Waals surface area contributed by atoms with Crippen LogP contribution in [0.4, 0.5) is 24.5 Å². The molecule has 0 radical (unpaired) electrons. The number of hydrogen-bond donors (Lipinski definition) is 3. The number of anilines is 2. The number of piperazine rings is 1. The Balaban J connectivity index is 1.42. The molecule has 8 nitrogen and oxygen atoms in total. The molecule has 3 heterocycles. The Morgan fingerprint density at radius 3 is 2.87 bits per heavy atom. The second-order valence-electron chi connectivity index (χ2n) is 7.32. The quantitative estimate of drug-likeness (QED) is 0.566. The van der Waals surface area contributed by atoms with Crippen molar-refractivity contribution in [2.45, 2.75) is 19.1 Å². The normalized spacial score (nSPS) is 17.8. The van der Waals surface area contributed by atoms with E-state index in [1.807, 2.05) is 6.92 Å². The summed E-state index contributed by atoms with van der Waals surface area (Å²) < 4.78 is 28.5. The second kappa shape index (κ2) is 8.69. The Bertz CT molecular complexity index is 1110. The van der Waals surface area contributed by atoms with Crippen molar-refractivity contribution in [3.8, 4) is 0 Å². The van der Waals surface area contributed by atoms with Crippen molar-refractivity contribution in [3.05, 3.63) is 47.7 Å². The molecule has 0 bridgehead atoms. The minimum Gasteiger partial charge on any atom is -0.393 e. The molecular formula is C20H21F2N5O3S. The lowest BCUT2D eigenvalue weighted by Gasteiger charge is -2.40. The van der Waals surface area contributed by atoms with Gasteiger partial charge in [-0.25, -0.2) is 23.5 Å². The van der Waals surface area contributed by atoms with Gasteiger partial charge in [0.15, 0.2) is 16.8 Å². The number of halogens is 2. The minimum absolute atomic E-state index is 0.134. The number of amides is 2. The number of carbonyl (C=O) groups is 1. The molecular weight excluding hydrogens is 428 g/mol. The maximum Gasteiger partial charge on any atom is 0.323 e. The zero-order valence-corrected chi connectivity index (χ0v) is 17.4. The van der Waals surface area contributed by atoms with Crippen LogP contribution in [0.2, 0.25) is 0 Å². The third-order valence-corrected chi connectivity index (χ3v) is 6.09. The molecule has 2 aromatic heterocycles. The van der Waals surface area contributed by atoms with Gasteiger partial charge in [0.1, 0.15) is 11.9 Å². The Kier molecular flexibility index (Phi) is 5.99. The summed E-state index contributed by atoms with van der Waals surface area (Å²) in [4.78, 5) is 24.4. The van der Waals surface area contributed by atoms with Crippen LogP contribution in [0, 0.1) is 11.6 Å². The van der Waals surface area contributed by atoms with Crippen molar-refractivity contribution in [2.24, 2.45) is 0 Å². The second-order valence-corrected chi connectivity index (χ2v) is 8.35. The van der Waals surface area contributed by atoms with Crippen LogP contribution in [0.25, 0.3) is 10.2 Å². The van der Waals surface area contributed by atoms with Crippen molar-refractivity contribution in [3.63, 3.8) is 0 Å². The number of carbonyl (C=O) groups excluding carboxylic acids is 1. The zero-order chi connectivity index (χ0) is 22.1. The Labute approximate surface area is 180 Å². The van der Waals surface area contributed by atoms with Gasteiger partial charge in [-0.1, -0.05) is 11.3 Å². The summed E-state index contributed by atoms with van der Waals surface area (Å²) in [7, 11) is 0. The number of aromatic nitrogens is 2. The SMILES string of the molecule is C[C@H]1CN(C(=O)Nc2nc3ccc(F)cc3s2)CCN1c1ncc([C@H](O)CO)cc1F. The molecule has 1 aliphatic heterocycles. The van der Waals surface area contributed by atoms with Gasteiger partial charge >= 0.3 is 6.03 Å². The average Bonchev–Trinajstić information content (AvgIpc) is 3.14. The van der Waals surface area contributed by atoms with Crippen LogP contribution in [-0.4, -0.2) is 63.4 Å². The number of nitrogens with zero attached hydrogens (tertiary/aromatic N) is 4. The van der Waals surface area contributed by atoms with E-state index in [-0.39, 0.29) is 29.3 Å². The van der Waals surface area contributed by atoms with Crippen molar-refractivity contribution in [1.82, 2.24) is 14.9 Å². The van der Waals surface area contributed by atoms with Crippen molar-refractivity contribution in [1.29, 1.82) is 0 Å². The third-order valence-electron chi connectivity index (χ3n) is 5.15. The maximum atomic E-state index is 14.6. The molecule has 31 heavy (non-hydrogen) atoms. The first-order valence-electron chi connectivity index (χ1n) is 9.68. The molecule has 0 spiro atoms. The summed E-state index contributed by atoms with van der Waals surface area (Å²) in [6.07, 6.45) is 0.147. The number of urea groups is 1. The molecule has 0 saturated carbocycles. The fourth-order valence-electron chi connectivity index (χ4n) is 3.52. The number of pyridine rings is 1. The van der Waals surface area contributed by atoms with Gasteiger partial charge in [-0.2, -0.15) is 0 Å². The number of thiazole rings is 1. The Morgan fingerprint density at radius 2 is 2.16 bits per heavy atom. The van der Waals surface area contributed by atoms with Crippen LogP contribution < -0.4 is 10.2 Å². The zero-order valence-electron chi connectivity index (χ0n) is 16.6. The van der Waals surface area contributed by atoms with E-state index < -0.39 is 18.5 Å². The number of benzene rings is 1. The molecule has 3 N–H and O–H groups in total. The molecule has 2 amide bonds. The molecule has 1 fully saturated rings.